The Morgan fingerprint density at radius 3 is 2.25 bits per heavy atom. The lowest BCUT2D eigenvalue weighted by molar-refractivity contribution is -0.145. The van der Waals surface area contributed by atoms with Gasteiger partial charge in [-0.3, -0.25) is 9.59 Å². The summed E-state index contributed by atoms with van der Waals surface area (Å²) < 4.78 is 24.7. The number of aliphatic carboxylic acids is 2. The normalized spacial score (nSPS) is 18.0. The van der Waals surface area contributed by atoms with Crippen LogP contribution in [0.2, 0.25) is 0 Å². The largest absolute Gasteiger partial charge is 0.481 e. The maximum absolute atomic E-state index is 11.4. The van der Waals surface area contributed by atoms with E-state index < -0.39 is 34.4 Å². The van der Waals surface area contributed by atoms with Crippen LogP contribution in [0.15, 0.2) is 0 Å². The third-order valence-corrected chi connectivity index (χ3v) is 3.70. The average Bonchev–Trinajstić information content (AvgIpc) is 2.84. The lowest BCUT2D eigenvalue weighted by Crippen LogP contribution is -2.43. The molecule has 0 aromatic rings. The fourth-order valence-corrected chi connectivity index (χ4v) is 2.88. The average molecular weight is 251 g/mol. The zero-order valence-electron chi connectivity index (χ0n) is 8.42. The van der Waals surface area contributed by atoms with E-state index in [2.05, 4.69) is 0 Å². The topological polar surface area (TPSA) is 121 Å². The zero-order chi connectivity index (χ0) is 12.3. The molecule has 0 saturated heterocycles. The van der Waals surface area contributed by atoms with Crippen molar-refractivity contribution in [3.05, 3.63) is 0 Å². The fraction of sp³-hybridized carbons (Fsp3) is 0.750. The molecule has 0 amide bonds. The summed E-state index contributed by atoms with van der Waals surface area (Å²) in [4.78, 5) is 21.0. The molecule has 8 heteroatoms. The molecule has 0 unspecified atom stereocenters. The zero-order valence-corrected chi connectivity index (χ0v) is 9.24. The van der Waals surface area contributed by atoms with Crippen LogP contribution in [0.1, 0.15) is 19.3 Å². The minimum Gasteiger partial charge on any atom is -0.481 e. The van der Waals surface area contributed by atoms with Crippen molar-refractivity contribution in [3.8, 4) is 0 Å². The van der Waals surface area contributed by atoms with Crippen LogP contribution in [0.25, 0.3) is 0 Å². The minimum atomic E-state index is -3.70. The summed E-state index contributed by atoms with van der Waals surface area (Å²) in [5.41, 5.74) is 0. The summed E-state index contributed by atoms with van der Waals surface area (Å²) in [6.45, 7) is 0. The first-order chi connectivity index (χ1) is 7.30. The summed E-state index contributed by atoms with van der Waals surface area (Å²) >= 11 is 0. The van der Waals surface area contributed by atoms with Gasteiger partial charge in [-0.15, -0.1) is 0 Å². The van der Waals surface area contributed by atoms with E-state index in [0.29, 0.717) is 0 Å². The summed E-state index contributed by atoms with van der Waals surface area (Å²) in [6.07, 6.45) is 0.869. The van der Waals surface area contributed by atoms with Gasteiger partial charge in [0.1, 0.15) is 6.04 Å². The molecule has 16 heavy (non-hydrogen) atoms. The second kappa shape index (κ2) is 4.79. The molecule has 0 aromatic carbocycles. The third kappa shape index (κ3) is 4.58. The predicted octanol–water partition coefficient (Wildman–Crippen LogP) is -0.756. The van der Waals surface area contributed by atoms with Gasteiger partial charge in [0.05, 0.1) is 12.2 Å². The summed E-state index contributed by atoms with van der Waals surface area (Å²) in [5.74, 6) is -2.89. The Hall–Kier alpha value is -1.15. The van der Waals surface area contributed by atoms with Gasteiger partial charge in [-0.2, -0.15) is 0 Å². The summed E-state index contributed by atoms with van der Waals surface area (Å²) in [5, 5.41) is 17.1. The van der Waals surface area contributed by atoms with Gasteiger partial charge >= 0.3 is 11.9 Å². The molecule has 0 heterocycles. The number of hydrogen-bond acceptors (Lipinski definition) is 4. The Kier molecular flexibility index (Phi) is 3.87. The van der Waals surface area contributed by atoms with E-state index in [9.17, 15) is 18.0 Å². The highest BCUT2D eigenvalue weighted by Gasteiger charge is 2.32. The van der Waals surface area contributed by atoms with Crippen LogP contribution in [0.3, 0.4) is 0 Å². The molecule has 0 aromatic heterocycles. The lowest BCUT2D eigenvalue weighted by atomic mass is 10.2. The maximum Gasteiger partial charge on any atom is 0.322 e. The molecule has 1 fully saturated rings. The quantitative estimate of drug-likeness (QED) is 0.547. The van der Waals surface area contributed by atoms with Gasteiger partial charge in [0.15, 0.2) is 0 Å². The molecule has 0 radical (unpaired) electrons. The van der Waals surface area contributed by atoms with Crippen LogP contribution in [0.5, 0.6) is 0 Å². The van der Waals surface area contributed by atoms with E-state index in [-0.39, 0.29) is 11.7 Å². The van der Waals surface area contributed by atoms with E-state index in [1.54, 1.807) is 0 Å². The summed E-state index contributed by atoms with van der Waals surface area (Å²) in [6, 6.07) is -1.60. The fourth-order valence-electron chi connectivity index (χ4n) is 1.21. The molecule has 0 bridgehead atoms. The van der Waals surface area contributed by atoms with E-state index in [4.69, 9.17) is 10.2 Å². The van der Waals surface area contributed by atoms with Crippen LogP contribution in [0, 0.1) is 5.92 Å². The molecule has 1 aliphatic rings. The first kappa shape index (κ1) is 12.9. The lowest BCUT2D eigenvalue weighted by Gasteiger charge is -2.12. The highest BCUT2D eigenvalue weighted by atomic mass is 32.2. The SMILES string of the molecule is O=C(O)C[C@@H](NS(=O)(=O)CC1CC1)C(=O)O. The molecular weight excluding hydrogens is 238 g/mol. The number of nitrogens with one attached hydrogen (secondary N) is 1. The monoisotopic (exact) mass is 251 g/mol. The number of hydrogen-bond donors (Lipinski definition) is 3. The van der Waals surface area contributed by atoms with Crippen molar-refractivity contribution in [2.24, 2.45) is 5.92 Å². The summed E-state index contributed by atoms with van der Waals surface area (Å²) in [7, 11) is -3.70. The molecule has 1 atom stereocenters. The van der Waals surface area contributed by atoms with Gasteiger partial charge in [-0.1, -0.05) is 0 Å². The maximum atomic E-state index is 11.4. The van der Waals surface area contributed by atoms with Crippen LogP contribution in [0.4, 0.5) is 0 Å². The van der Waals surface area contributed by atoms with E-state index in [0.717, 1.165) is 12.8 Å². The van der Waals surface area contributed by atoms with E-state index >= 15 is 0 Å². The molecular formula is C8H13NO6S. The number of rotatable bonds is 7. The van der Waals surface area contributed by atoms with Crippen LogP contribution in [-0.4, -0.2) is 42.4 Å². The van der Waals surface area contributed by atoms with Crippen molar-refractivity contribution in [2.45, 2.75) is 25.3 Å². The van der Waals surface area contributed by atoms with Crippen molar-refractivity contribution in [2.75, 3.05) is 5.75 Å². The smallest absolute Gasteiger partial charge is 0.322 e. The molecule has 92 valence electrons. The molecule has 1 rings (SSSR count). The first-order valence-electron chi connectivity index (χ1n) is 4.75. The Morgan fingerprint density at radius 1 is 1.31 bits per heavy atom. The Morgan fingerprint density at radius 2 is 1.88 bits per heavy atom. The highest BCUT2D eigenvalue weighted by Crippen LogP contribution is 2.30. The van der Waals surface area contributed by atoms with Crippen molar-refractivity contribution in [3.63, 3.8) is 0 Å². The molecule has 3 N–H and O–H groups in total. The number of sulfonamides is 1. The van der Waals surface area contributed by atoms with Crippen molar-refractivity contribution in [1.82, 2.24) is 4.72 Å². The van der Waals surface area contributed by atoms with Gasteiger partial charge in [-0.05, 0) is 18.8 Å². The van der Waals surface area contributed by atoms with Crippen LogP contribution in [-0.2, 0) is 19.6 Å². The van der Waals surface area contributed by atoms with Gasteiger partial charge in [0.25, 0.3) is 0 Å². The van der Waals surface area contributed by atoms with Gasteiger partial charge in [0.2, 0.25) is 10.0 Å². The standard InChI is InChI=1S/C8H13NO6S/c10-7(11)3-6(8(12)13)9-16(14,15)4-5-1-2-5/h5-6,9H,1-4H2,(H,10,11)(H,12,13)/t6-/m1/s1. The Balaban J connectivity index is 2.58. The minimum absolute atomic E-state index is 0.0803. The predicted molar refractivity (Wildman–Crippen MR) is 53.3 cm³/mol. The van der Waals surface area contributed by atoms with E-state index in [1.165, 1.54) is 0 Å². The third-order valence-electron chi connectivity index (χ3n) is 2.15. The van der Waals surface area contributed by atoms with Crippen molar-refractivity contribution >= 4 is 22.0 Å². The Labute approximate surface area is 92.5 Å². The van der Waals surface area contributed by atoms with Crippen molar-refractivity contribution in [1.29, 1.82) is 0 Å². The Bertz CT molecular complexity index is 385. The molecule has 7 nitrogen and oxygen atoms in total. The molecule has 0 spiro atoms. The van der Waals surface area contributed by atoms with Gasteiger partial charge < -0.3 is 10.2 Å². The number of carboxylic acid groups (broad SMARTS) is 2. The molecule has 1 saturated carbocycles. The van der Waals surface area contributed by atoms with Gasteiger partial charge in [-0.25, -0.2) is 13.1 Å². The number of carboxylic acids is 2. The number of carbonyl (C=O) groups is 2. The second-order valence-corrected chi connectivity index (χ2v) is 5.63. The van der Waals surface area contributed by atoms with Crippen LogP contribution < -0.4 is 4.72 Å². The highest BCUT2D eigenvalue weighted by molar-refractivity contribution is 7.89. The van der Waals surface area contributed by atoms with Gasteiger partial charge in [0, 0.05) is 0 Å². The molecule has 1 aliphatic carbocycles. The van der Waals surface area contributed by atoms with Crippen molar-refractivity contribution < 1.29 is 28.2 Å². The second-order valence-electron chi connectivity index (χ2n) is 3.83. The van der Waals surface area contributed by atoms with Crippen LogP contribution >= 0.6 is 0 Å². The first-order valence-corrected chi connectivity index (χ1v) is 6.40. The van der Waals surface area contributed by atoms with E-state index in [1.807, 2.05) is 4.72 Å². The molecule has 0 aliphatic heterocycles.